The van der Waals surface area contributed by atoms with E-state index in [1.807, 2.05) is 84.9 Å². The van der Waals surface area contributed by atoms with E-state index in [2.05, 4.69) is 4.99 Å². The van der Waals surface area contributed by atoms with Gasteiger partial charge in [0.2, 0.25) is 6.29 Å². The molecule has 1 aliphatic rings. The van der Waals surface area contributed by atoms with E-state index < -0.39 is 18.8 Å². The number of fused-ring (bicyclic) bond motifs is 1. The fourth-order valence-electron chi connectivity index (χ4n) is 4.78. The Bertz CT molecular complexity index is 1630. The largest absolute Gasteiger partial charge is 0.497 e. The van der Waals surface area contributed by atoms with Crippen molar-refractivity contribution in [3.8, 4) is 17.2 Å². The van der Waals surface area contributed by atoms with Gasteiger partial charge in [-0.3, -0.25) is 9.79 Å². The van der Waals surface area contributed by atoms with Gasteiger partial charge in [-0.1, -0.05) is 66.7 Å². The molecule has 0 spiro atoms. The van der Waals surface area contributed by atoms with Crippen molar-refractivity contribution in [3.63, 3.8) is 0 Å². The van der Waals surface area contributed by atoms with E-state index in [0.717, 1.165) is 27.8 Å². The standard InChI is InChI=1S/C35H35NO6/c1-24(37)42-35(41-23-26-12-8-5-9-13-26)31-20-29(38-2)15-14-27(31)18-32-30-21-34(40-22-25-10-6-4-7-11-25)33(39-3)19-28(30)16-17-36-32/h4-15,19-21,35H,16-18,22-23H2,1-3H3/i17D2. The van der Waals surface area contributed by atoms with Crippen LogP contribution in [-0.4, -0.2) is 32.4 Å². The molecule has 216 valence electrons. The molecular formula is C35H35NO6. The molecular weight excluding hydrogens is 530 g/mol. The van der Waals surface area contributed by atoms with Crippen LogP contribution in [0.5, 0.6) is 17.2 Å². The number of nitrogens with zero attached hydrogens (tertiary/aromatic N) is 1. The summed E-state index contributed by atoms with van der Waals surface area (Å²) in [7, 11) is 3.13. The zero-order valence-electron chi connectivity index (χ0n) is 26.0. The maximum absolute atomic E-state index is 12.2. The lowest BCUT2D eigenvalue weighted by atomic mass is 9.91. The number of aryl methyl sites for hydroxylation is 1. The van der Waals surface area contributed by atoms with Crippen molar-refractivity contribution in [1.29, 1.82) is 0 Å². The summed E-state index contributed by atoms with van der Waals surface area (Å²) in [4.78, 5) is 16.7. The van der Waals surface area contributed by atoms with Crippen molar-refractivity contribution in [2.45, 2.75) is 39.3 Å². The van der Waals surface area contributed by atoms with Crippen LogP contribution in [0.3, 0.4) is 0 Å². The van der Waals surface area contributed by atoms with Crippen LogP contribution in [0.1, 0.15) is 49.3 Å². The molecule has 0 fully saturated rings. The molecule has 0 bridgehead atoms. The van der Waals surface area contributed by atoms with Gasteiger partial charge < -0.3 is 23.7 Å². The van der Waals surface area contributed by atoms with Crippen LogP contribution < -0.4 is 14.2 Å². The molecule has 0 N–H and O–H groups in total. The van der Waals surface area contributed by atoms with E-state index in [9.17, 15) is 4.79 Å². The van der Waals surface area contributed by atoms with Crippen LogP contribution in [0.25, 0.3) is 0 Å². The Kier molecular flexibility index (Phi) is 8.66. The molecule has 0 radical (unpaired) electrons. The maximum Gasteiger partial charge on any atom is 0.305 e. The van der Waals surface area contributed by atoms with Crippen molar-refractivity contribution in [1.82, 2.24) is 0 Å². The molecule has 0 amide bonds. The van der Waals surface area contributed by atoms with Gasteiger partial charge in [0.05, 0.1) is 23.6 Å². The van der Waals surface area contributed by atoms with Gasteiger partial charge in [0, 0.05) is 36.7 Å². The van der Waals surface area contributed by atoms with Crippen LogP contribution in [0.4, 0.5) is 0 Å². The average molecular weight is 568 g/mol. The third kappa shape index (κ3) is 7.17. The zero-order valence-corrected chi connectivity index (χ0v) is 24.0. The second-order valence-electron chi connectivity index (χ2n) is 9.81. The first-order chi connectivity index (χ1) is 21.2. The highest BCUT2D eigenvalue weighted by Crippen LogP contribution is 2.35. The average Bonchev–Trinajstić information content (AvgIpc) is 3.02. The lowest BCUT2D eigenvalue weighted by molar-refractivity contribution is -0.181. The Morgan fingerprint density at radius 2 is 1.60 bits per heavy atom. The summed E-state index contributed by atoms with van der Waals surface area (Å²) in [5, 5.41) is 0. The van der Waals surface area contributed by atoms with Gasteiger partial charge in [-0.2, -0.15) is 0 Å². The first kappa shape index (κ1) is 26.3. The van der Waals surface area contributed by atoms with Crippen molar-refractivity contribution >= 4 is 11.7 Å². The molecule has 7 nitrogen and oxygen atoms in total. The van der Waals surface area contributed by atoms with Crippen LogP contribution >= 0.6 is 0 Å². The second kappa shape index (κ2) is 13.8. The lowest BCUT2D eigenvalue weighted by Gasteiger charge is -2.24. The Morgan fingerprint density at radius 1 is 0.881 bits per heavy atom. The highest BCUT2D eigenvalue weighted by Gasteiger charge is 2.24. The van der Waals surface area contributed by atoms with Gasteiger partial charge in [0.15, 0.2) is 11.5 Å². The van der Waals surface area contributed by atoms with E-state index in [4.69, 9.17) is 26.4 Å². The van der Waals surface area contributed by atoms with E-state index in [-0.39, 0.29) is 19.4 Å². The molecule has 1 unspecified atom stereocenters. The summed E-state index contributed by atoms with van der Waals surface area (Å²) in [5.74, 6) is 1.11. The molecule has 1 aliphatic heterocycles. The first-order valence-electron chi connectivity index (χ1n) is 14.7. The maximum atomic E-state index is 12.2. The fraction of sp³-hybridized carbons (Fsp3) is 0.257. The van der Waals surface area contributed by atoms with Crippen molar-refractivity contribution in [3.05, 3.63) is 124 Å². The lowest BCUT2D eigenvalue weighted by Crippen LogP contribution is -2.19. The first-order valence-corrected chi connectivity index (χ1v) is 13.7. The van der Waals surface area contributed by atoms with E-state index >= 15 is 0 Å². The molecule has 0 saturated carbocycles. The SMILES string of the molecule is [2H]C1([2H])Cc2cc(OC)c(OCc3ccccc3)cc2C(Cc2ccc(OC)cc2C(OCc2ccccc2)OC(C)=O)=N1. The number of rotatable bonds is 12. The number of hydrogen-bond acceptors (Lipinski definition) is 7. The number of esters is 1. The van der Waals surface area contributed by atoms with E-state index in [1.165, 1.54) is 6.92 Å². The number of aliphatic imine (C=N–C) groups is 1. The summed E-state index contributed by atoms with van der Waals surface area (Å²) >= 11 is 0. The summed E-state index contributed by atoms with van der Waals surface area (Å²) < 4.78 is 46.2. The number of carbonyl (C=O) groups is 1. The summed E-state index contributed by atoms with van der Waals surface area (Å²) in [5.41, 5.74) is 5.31. The second-order valence-corrected chi connectivity index (χ2v) is 9.81. The zero-order chi connectivity index (χ0) is 31.1. The fourth-order valence-corrected chi connectivity index (χ4v) is 4.78. The Balaban J connectivity index is 1.51. The number of benzene rings is 4. The third-order valence-electron chi connectivity index (χ3n) is 6.90. The molecule has 5 rings (SSSR count). The minimum absolute atomic E-state index is 0.0902. The van der Waals surface area contributed by atoms with Gasteiger partial charge in [-0.05, 0) is 52.9 Å². The van der Waals surface area contributed by atoms with Crippen molar-refractivity contribution in [2.24, 2.45) is 4.99 Å². The highest BCUT2D eigenvalue weighted by atomic mass is 16.7. The minimum Gasteiger partial charge on any atom is -0.497 e. The smallest absolute Gasteiger partial charge is 0.305 e. The number of hydrogen-bond donors (Lipinski definition) is 0. The molecule has 4 aromatic carbocycles. The molecule has 7 heteroatoms. The quantitative estimate of drug-likeness (QED) is 0.141. The third-order valence-corrected chi connectivity index (χ3v) is 6.90. The monoisotopic (exact) mass is 567 g/mol. The number of methoxy groups -OCH3 is 2. The number of carbonyl (C=O) groups excluding carboxylic acids is 1. The van der Waals surface area contributed by atoms with Gasteiger partial charge >= 0.3 is 5.97 Å². The summed E-state index contributed by atoms with van der Waals surface area (Å²) in [6, 6.07) is 28.6. The van der Waals surface area contributed by atoms with Crippen molar-refractivity contribution < 1.29 is 31.2 Å². The Morgan fingerprint density at radius 3 is 2.26 bits per heavy atom. The topological polar surface area (TPSA) is 75.6 Å². The van der Waals surface area contributed by atoms with Crippen LogP contribution in [-0.2, 0) is 40.3 Å². The summed E-state index contributed by atoms with van der Waals surface area (Å²) in [6.45, 7) is 0.0585. The Labute approximate surface area is 249 Å². The molecule has 4 aromatic rings. The van der Waals surface area contributed by atoms with Gasteiger partial charge in [0.1, 0.15) is 12.4 Å². The summed E-state index contributed by atoms with van der Waals surface area (Å²) in [6.07, 6.45) is -0.700. The number of ether oxygens (including phenoxy) is 5. The van der Waals surface area contributed by atoms with Crippen LogP contribution in [0, 0.1) is 0 Å². The Hall–Kier alpha value is -4.62. The molecule has 42 heavy (non-hydrogen) atoms. The van der Waals surface area contributed by atoms with Crippen molar-refractivity contribution in [2.75, 3.05) is 20.7 Å². The molecule has 1 atom stereocenters. The van der Waals surface area contributed by atoms with E-state index in [1.54, 1.807) is 20.3 Å². The predicted octanol–water partition coefficient (Wildman–Crippen LogP) is 6.65. The molecule has 0 saturated heterocycles. The molecule has 0 aromatic heterocycles. The van der Waals surface area contributed by atoms with Gasteiger partial charge in [-0.25, -0.2) is 0 Å². The normalized spacial score (nSPS) is 14.9. The van der Waals surface area contributed by atoms with Gasteiger partial charge in [0.25, 0.3) is 0 Å². The predicted molar refractivity (Wildman–Crippen MR) is 161 cm³/mol. The van der Waals surface area contributed by atoms with Crippen LogP contribution in [0.15, 0.2) is 96.0 Å². The van der Waals surface area contributed by atoms with Crippen LogP contribution in [0.2, 0.25) is 0 Å². The van der Waals surface area contributed by atoms with E-state index in [0.29, 0.717) is 35.1 Å². The molecule has 1 heterocycles. The minimum atomic E-state index is -1.83. The molecule has 0 aliphatic carbocycles. The van der Waals surface area contributed by atoms with Gasteiger partial charge in [-0.15, -0.1) is 0 Å². The highest BCUT2D eigenvalue weighted by molar-refractivity contribution is 6.04.